The number of rotatable bonds is 7. The summed E-state index contributed by atoms with van der Waals surface area (Å²) in [7, 11) is 1.85. The van der Waals surface area contributed by atoms with Gasteiger partial charge in [-0.25, -0.2) is 4.79 Å². The molecule has 3 amide bonds. The molecule has 0 radical (unpaired) electrons. The third kappa shape index (κ3) is 6.44. The van der Waals surface area contributed by atoms with Crippen molar-refractivity contribution < 1.29 is 14.3 Å². The van der Waals surface area contributed by atoms with E-state index in [0.29, 0.717) is 25.2 Å². The number of carbonyl (C=O) groups excluding carboxylic acids is 2. The largest absolute Gasteiger partial charge is 0.381 e. The zero-order chi connectivity index (χ0) is 21.3. The van der Waals surface area contributed by atoms with E-state index in [4.69, 9.17) is 4.74 Å². The molecule has 7 nitrogen and oxygen atoms in total. The average molecular weight is 417 g/mol. The first-order chi connectivity index (χ1) is 14.5. The first-order valence-corrected chi connectivity index (χ1v) is 11.2. The van der Waals surface area contributed by atoms with Gasteiger partial charge >= 0.3 is 6.03 Å². The Labute approximate surface area is 180 Å². The molecular formula is C23H36N4O3. The molecule has 166 valence electrons. The fourth-order valence-electron chi connectivity index (χ4n) is 4.47. The molecule has 0 saturated carbocycles. The van der Waals surface area contributed by atoms with Crippen LogP contribution in [0.15, 0.2) is 30.3 Å². The van der Waals surface area contributed by atoms with E-state index < -0.39 is 0 Å². The first-order valence-electron chi connectivity index (χ1n) is 11.2. The highest BCUT2D eigenvalue weighted by atomic mass is 16.5. The van der Waals surface area contributed by atoms with Crippen molar-refractivity contribution in [2.45, 2.75) is 51.2 Å². The van der Waals surface area contributed by atoms with Crippen LogP contribution >= 0.6 is 0 Å². The third-order valence-electron chi connectivity index (χ3n) is 6.30. The molecule has 2 fully saturated rings. The summed E-state index contributed by atoms with van der Waals surface area (Å²) in [6.07, 6.45) is 4.17. The Hall–Kier alpha value is -2.12. The van der Waals surface area contributed by atoms with E-state index in [1.54, 1.807) is 11.8 Å². The maximum Gasteiger partial charge on any atom is 0.317 e. The van der Waals surface area contributed by atoms with Gasteiger partial charge in [0.15, 0.2) is 0 Å². The minimum Gasteiger partial charge on any atom is -0.381 e. The number of carbonyl (C=O) groups is 2. The fourth-order valence-corrected chi connectivity index (χ4v) is 4.47. The molecule has 3 rings (SSSR count). The number of piperidine rings is 1. The molecule has 0 bridgehead atoms. The molecule has 1 unspecified atom stereocenters. The molecule has 2 aliphatic rings. The molecular weight excluding hydrogens is 380 g/mol. The Morgan fingerprint density at radius 3 is 2.53 bits per heavy atom. The highest BCUT2D eigenvalue weighted by molar-refractivity contribution is 5.74. The molecule has 0 aromatic heterocycles. The van der Waals surface area contributed by atoms with Crippen LogP contribution < -0.4 is 5.32 Å². The van der Waals surface area contributed by atoms with E-state index >= 15 is 0 Å². The number of ether oxygens (including phenoxy) is 1. The summed E-state index contributed by atoms with van der Waals surface area (Å²) in [6, 6.07) is 10.7. The van der Waals surface area contributed by atoms with Crippen LogP contribution in [-0.4, -0.2) is 85.2 Å². The zero-order valence-corrected chi connectivity index (χ0v) is 18.4. The van der Waals surface area contributed by atoms with Crippen LogP contribution in [0.5, 0.6) is 0 Å². The zero-order valence-electron chi connectivity index (χ0n) is 18.4. The van der Waals surface area contributed by atoms with Gasteiger partial charge in [0.05, 0.1) is 0 Å². The number of urea groups is 1. The fraction of sp³-hybridized carbons (Fsp3) is 0.652. The van der Waals surface area contributed by atoms with Crippen molar-refractivity contribution in [3.63, 3.8) is 0 Å². The Balaban J connectivity index is 1.55. The predicted molar refractivity (Wildman–Crippen MR) is 117 cm³/mol. The summed E-state index contributed by atoms with van der Waals surface area (Å²) in [4.78, 5) is 30.7. The van der Waals surface area contributed by atoms with E-state index in [-0.39, 0.29) is 11.9 Å². The lowest BCUT2D eigenvalue weighted by Crippen LogP contribution is -2.55. The summed E-state index contributed by atoms with van der Waals surface area (Å²) in [6.45, 7) is 6.89. The van der Waals surface area contributed by atoms with Crippen molar-refractivity contribution in [2.75, 3.05) is 46.4 Å². The van der Waals surface area contributed by atoms with Crippen molar-refractivity contribution in [2.24, 2.45) is 0 Å². The summed E-state index contributed by atoms with van der Waals surface area (Å²) in [5, 5.41) is 3.00. The number of amides is 3. The van der Waals surface area contributed by atoms with Gasteiger partial charge in [-0.3, -0.25) is 9.69 Å². The molecule has 1 aromatic carbocycles. The minimum absolute atomic E-state index is 0.0558. The highest BCUT2D eigenvalue weighted by Crippen LogP contribution is 2.23. The molecule has 1 atom stereocenters. The predicted octanol–water partition coefficient (Wildman–Crippen LogP) is 2.32. The normalized spacial score (nSPS) is 20.2. The molecule has 2 aliphatic heterocycles. The Kier molecular flexibility index (Phi) is 8.51. The van der Waals surface area contributed by atoms with Crippen LogP contribution in [-0.2, 0) is 16.1 Å². The molecule has 0 spiro atoms. The van der Waals surface area contributed by atoms with Crippen molar-refractivity contribution in [1.29, 1.82) is 0 Å². The number of hydrogen-bond acceptors (Lipinski definition) is 4. The smallest absolute Gasteiger partial charge is 0.317 e. The van der Waals surface area contributed by atoms with E-state index in [0.717, 1.165) is 64.1 Å². The molecule has 1 aromatic rings. The van der Waals surface area contributed by atoms with Gasteiger partial charge in [-0.15, -0.1) is 0 Å². The molecule has 0 aliphatic carbocycles. The number of nitrogens with zero attached hydrogens (tertiary/aromatic N) is 3. The molecule has 7 heteroatoms. The van der Waals surface area contributed by atoms with E-state index in [2.05, 4.69) is 10.2 Å². The first kappa shape index (κ1) is 22.6. The minimum atomic E-state index is -0.0558. The number of benzene rings is 1. The number of likely N-dealkylation sites (tertiary alicyclic amines) is 1. The second-order valence-electron chi connectivity index (χ2n) is 8.41. The van der Waals surface area contributed by atoms with Crippen molar-refractivity contribution in [1.82, 2.24) is 20.0 Å². The summed E-state index contributed by atoms with van der Waals surface area (Å²) < 4.78 is 5.57. The van der Waals surface area contributed by atoms with E-state index in [1.807, 2.05) is 42.3 Å². The summed E-state index contributed by atoms with van der Waals surface area (Å²) >= 11 is 0. The van der Waals surface area contributed by atoms with Gasteiger partial charge in [-0.1, -0.05) is 30.3 Å². The maximum atomic E-state index is 12.5. The van der Waals surface area contributed by atoms with Crippen LogP contribution in [0, 0.1) is 0 Å². The Bertz CT molecular complexity index is 678. The summed E-state index contributed by atoms with van der Waals surface area (Å²) in [5.41, 5.74) is 1.09. The lowest BCUT2D eigenvalue weighted by atomic mass is 9.98. The van der Waals surface area contributed by atoms with Crippen LogP contribution in [0.3, 0.4) is 0 Å². The van der Waals surface area contributed by atoms with Crippen LogP contribution in [0.25, 0.3) is 0 Å². The monoisotopic (exact) mass is 416 g/mol. The molecule has 2 heterocycles. The number of hydrogen-bond donors (Lipinski definition) is 1. The topological polar surface area (TPSA) is 65.1 Å². The molecule has 2 saturated heterocycles. The average Bonchev–Trinajstić information content (AvgIpc) is 2.79. The lowest BCUT2D eigenvalue weighted by molar-refractivity contribution is -0.131. The SMILES string of the molecule is CC(=O)N1CCCC(N(CCN(C)C(=O)NCc2ccccc2)C2CCOCC2)C1. The Morgan fingerprint density at radius 2 is 1.83 bits per heavy atom. The molecule has 30 heavy (non-hydrogen) atoms. The van der Waals surface area contributed by atoms with Gasteiger partial charge in [0.1, 0.15) is 0 Å². The van der Waals surface area contributed by atoms with E-state index in [1.165, 1.54) is 0 Å². The summed E-state index contributed by atoms with van der Waals surface area (Å²) in [5.74, 6) is 0.157. The van der Waals surface area contributed by atoms with Gasteiger partial charge in [-0.05, 0) is 31.2 Å². The second-order valence-corrected chi connectivity index (χ2v) is 8.41. The Morgan fingerprint density at radius 1 is 1.10 bits per heavy atom. The quantitative estimate of drug-likeness (QED) is 0.741. The van der Waals surface area contributed by atoms with Gasteiger partial charge in [0.25, 0.3) is 0 Å². The van der Waals surface area contributed by atoms with Crippen LogP contribution in [0.1, 0.15) is 38.2 Å². The highest BCUT2D eigenvalue weighted by Gasteiger charge is 2.32. The van der Waals surface area contributed by atoms with Crippen molar-refractivity contribution in [3.8, 4) is 0 Å². The van der Waals surface area contributed by atoms with Crippen LogP contribution in [0.2, 0.25) is 0 Å². The van der Waals surface area contributed by atoms with Gasteiger partial charge in [0, 0.05) is 72.0 Å². The van der Waals surface area contributed by atoms with Gasteiger partial charge in [-0.2, -0.15) is 0 Å². The molecule has 1 N–H and O–H groups in total. The lowest BCUT2D eigenvalue weighted by Gasteiger charge is -2.44. The third-order valence-corrected chi connectivity index (χ3v) is 6.30. The second kappa shape index (κ2) is 11.3. The van der Waals surface area contributed by atoms with Gasteiger partial charge in [0.2, 0.25) is 5.91 Å². The van der Waals surface area contributed by atoms with Crippen molar-refractivity contribution in [3.05, 3.63) is 35.9 Å². The maximum absolute atomic E-state index is 12.5. The standard InChI is InChI=1S/C23H36N4O3/c1-19(28)26-12-6-9-22(18-26)27(21-10-15-30-16-11-21)14-13-25(2)23(29)24-17-20-7-4-3-5-8-20/h3-5,7-8,21-22H,6,9-18H2,1-2H3,(H,24,29). The van der Waals surface area contributed by atoms with Crippen LogP contribution in [0.4, 0.5) is 4.79 Å². The van der Waals surface area contributed by atoms with Gasteiger partial charge < -0.3 is 19.9 Å². The number of nitrogens with one attached hydrogen (secondary N) is 1. The number of likely N-dealkylation sites (N-methyl/N-ethyl adjacent to an activating group) is 1. The van der Waals surface area contributed by atoms with E-state index in [9.17, 15) is 9.59 Å². The van der Waals surface area contributed by atoms with Crippen molar-refractivity contribution >= 4 is 11.9 Å².